The Labute approximate surface area is 143 Å². The Bertz CT molecular complexity index is 718. The summed E-state index contributed by atoms with van der Waals surface area (Å²) < 4.78 is 6.39. The minimum absolute atomic E-state index is 0.161. The van der Waals surface area contributed by atoms with Crippen molar-refractivity contribution in [3.05, 3.63) is 64.1 Å². The van der Waals surface area contributed by atoms with Crippen molar-refractivity contribution in [1.29, 1.82) is 0 Å². The fourth-order valence-corrected chi connectivity index (χ4v) is 2.43. The SMILES string of the molecule is CN(Cc1ccccc1Br)C(=O)COc1ccccc1C(N)=O. The van der Waals surface area contributed by atoms with Crippen LogP contribution < -0.4 is 10.5 Å². The first-order chi connectivity index (χ1) is 11.0. The second kappa shape index (κ2) is 7.78. The molecule has 0 radical (unpaired) electrons. The van der Waals surface area contributed by atoms with E-state index in [0.29, 0.717) is 12.3 Å². The van der Waals surface area contributed by atoms with Crippen LogP contribution in [0.3, 0.4) is 0 Å². The lowest BCUT2D eigenvalue weighted by Crippen LogP contribution is -2.31. The molecule has 0 aliphatic carbocycles. The lowest BCUT2D eigenvalue weighted by molar-refractivity contribution is -0.132. The van der Waals surface area contributed by atoms with Crippen molar-refractivity contribution in [3.8, 4) is 5.75 Å². The first kappa shape index (κ1) is 17.0. The Morgan fingerprint density at radius 2 is 1.78 bits per heavy atom. The quantitative estimate of drug-likeness (QED) is 0.841. The number of likely N-dealkylation sites (N-methyl/N-ethyl adjacent to an activating group) is 1. The average molecular weight is 377 g/mol. The highest BCUT2D eigenvalue weighted by Gasteiger charge is 2.14. The molecule has 5 nitrogen and oxygen atoms in total. The molecule has 2 aromatic carbocycles. The van der Waals surface area contributed by atoms with Gasteiger partial charge in [-0.15, -0.1) is 0 Å². The normalized spacial score (nSPS) is 10.2. The first-order valence-electron chi connectivity index (χ1n) is 6.98. The molecule has 0 unspecified atom stereocenters. The molecule has 23 heavy (non-hydrogen) atoms. The van der Waals surface area contributed by atoms with Crippen molar-refractivity contribution in [2.45, 2.75) is 6.54 Å². The lowest BCUT2D eigenvalue weighted by Gasteiger charge is -2.18. The first-order valence-corrected chi connectivity index (χ1v) is 7.77. The molecule has 2 amide bonds. The van der Waals surface area contributed by atoms with Crippen molar-refractivity contribution < 1.29 is 14.3 Å². The molecule has 0 fully saturated rings. The van der Waals surface area contributed by atoms with Gasteiger partial charge < -0.3 is 15.4 Å². The Hall–Kier alpha value is -2.34. The van der Waals surface area contributed by atoms with Crippen LogP contribution in [0.25, 0.3) is 0 Å². The molecule has 0 heterocycles. The Kier molecular flexibility index (Phi) is 5.76. The van der Waals surface area contributed by atoms with Crippen molar-refractivity contribution in [1.82, 2.24) is 4.90 Å². The molecule has 0 spiro atoms. The minimum Gasteiger partial charge on any atom is -0.483 e. The van der Waals surface area contributed by atoms with Crippen LogP contribution in [0.15, 0.2) is 53.0 Å². The summed E-state index contributed by atoms with van der Waals surface area (Å²) in [6.45, 7) is 0.298. The highest BCUT2D eigenvalue weighted by molar-refractivity contribution is 9.10. The number of ether oxygens (including phenoxy) is 1. The van der Waals surface area contributed by atoms with Crippen LogP contribution in [0.1, 0.15) is 15.9 Å². The van der Waals surface area contributed by atoms with E-state index in [-0.39, 0.29) is 18.1 Å². The molecule has 0 saturated heterocycles. The molecule has 120 valence electrons. The molecule has 6 heteroatoms. The van der Waals surface area contributed by atoms with Gasteiger partial charge in [-0.05, 0) is 23.8 Å². The van der Waals surface area contributed by atoms with Gasteiger partial charge in [0.2, 0.25) is 0 Å². The molecular formula is C17H17BrN2O3. The number of benzene rings is 2. The van der Waals surface area contributed by atoms with Crippen LogP contribution >= 0.6 is 15.9 Å². The van der Waals surface area contributed by atoms with E-state index in [0.717, 1.165) is 10.0 Å². The summed E-state index contributed by atoms with van der Waals surface area (Å²) in [6.07, 6.45) is 0. The number of amides is 2. The van der Waals surface area contributed by atoms with Gasteiger partial charge in [0.25, 0.3) is 11.8 Å². The van der Waals surface area contributed by atoms with Gasteiger partial charge in [0, 0.05) is 18.1 Å². The molecule has 0 atom stereocenters. The minimum atomic E-state index is -0.588. The largest absolute Gasteiger partial charge is 0.483 e. The standard InChI is InChI=1S/C17H17BrN2O3/c1-20(10-12-6-2-4-8-14(12)18)16(21)11-23-15-9-5-3-7-13(15)17(19)22/h2-9H,10-11H2,1H3,(H2,19,22). The van der Waals surface area contributed by atoms with Crippen molar-refractivity contribution in [2.75, 3.05) is 13.7 Å². The smallest absolute Gasteiger partial charge is 0.260 e. The number of hydrogen-bond acceptors (Lipinski definition) is 3. The maximum Gasteiger partial charge on any atom is 0.260 e. The monoisotopic (exact) mass is 376 g/mol. The number of rotatable bonds is 6. The van der Waals surface area contributed by atoms with E-state index < -0.39 is 5.91 Å². The van der Waals surface area contributed by atoms with Gasteiger partial charge in [-0.2, -0.15) is 0 Å². The van der Waals surface area contributed by atoms with Crippen molar-refractivity contribution in [2.24, 2.45) is 5.73 Å². The van der Waals surface area contributed by atoms with Gasteiger partial charge in [-0.25, -0.2) is 0 Å². The Balaban J connectivity index is 1.97. The van der Waals surface area contributed by atoms with E-state index in [1.807, 2.05) is 24.3 Å². The summed E-state index contributed by atoms with van der Waals surface area (Å²) in [7, 11) is 1.70. The summed E-state index contributed by atoms with van der Waals surface area (Å²) in [5.41, 5.74) is 6.54. The van der Waals surface area contributed by atoms with Crippen molar-refractivity contribution in [3.63, 3.8) is 0 Å². The fourth-order valence-electron chi connectivity index (χ4n) is 2.02. The number of hydrogen-bond donors (Lipinski definition) is 1. The van der Waals surface area contributed by atoms with E-state index in [2.05, 4.69) is 15.9 Å². The number of nitrogens with two attached hydrogens (primary N) is 1. The highest BCUT2D eigenvalue weighted by atomic mass is 79.9. The van der Waals surface area contributed by atoms with Gasteiger partial charge in [0.15, 0.2) is 6.61 Å². The highest BCUT2D eigenvalue weighted by Crippen LogP contribution is 2.19. The van der Waals surface area contributed by atoms with Crippen molar-refractivity contribution >= 4 is 27.7 Å². The molecular weight excluding hydrogens is 360 g/mol. The number of carbonyl (C=O) groups excluding carboxylic acids is 2. The third-order valence-electron chi connectivity index (χ3n) is 3.29. The van der Waals surface area contributed by atoms with Crippen LogP contribution in [0.5, 0.6) is 5.75 Å². The predicted octanol–water partition coefficient (Wildman–Crippen LogP) is 2.59. The summed E-state index contributed by atoms with van der Waals surface area (Å²) in [4.78, 5) is 25.1. The molecule has 2 aromatic rings. The van der Waals surface area contributed by atoms with E-state index in [1.165, 1.54) is 0 Å². The van der Waals surface area contributed by atoms with Crippen LogP contribution in [-0.4, -0.2) is 30.4 Å². The third kappa shape index (κ3) is 4.56. The summed E-state index contributed by atoms with van der Waals surface area (Å²) in [6, 6.07) is 14.3. The third-order valence-corrected chi connectivity index (χ3v) is 4.07. The number of nitrogens with zero attached hydrogens (tertiary/aromatic N) is 1. The number of carbonyl (C=O) groups is 2. The topological polar surface area (TPSA) is 72.6 Å². The number of halogens is 1. The molecule has 0 bridgehead atoms. The van der Waals surface area contributed by atoms with Crippen LogP contribution in [-0.2, 0) is 11.3 Å². The molecule has 0 aliphatic rings. The Morgan fingerprint density at radius 1 is 1.13 bits per heavy atom. The van der Waals surface area contributed by atoms with Crippen LogP contribution in [0, 0.1) is 0 Å². The summed E-state index contributed by atoms with van der Waals surface area (Å²) in [5, 5.41) is 0. The van der Waals surface area contributed by atoms with Crippen LogP contribution in [0.2, 0.25) is 0 Å². The number of para-hydroxylation sites is 1. The second-order valence-corrected chi connectivity index (χ2v) is 5.84. The van der Waals surface area contributed by atoms with Gasteiger partial charge in [-0.3, -0.25) is 9.59 Å². The predicted molar refractivity (Wildman–Crippen MR) is 91.1 cm³/mol. The van der Waals surface area contributed by atoms with E-state index in [9.17, 15) is 9.59 Å². The zero-order valence-electron chi connectivity index (χ0n) is 12.7. The van der Waals surface area contributed by atoms with Gasteiger partial charge in [0.1, 0.15) is 5.75 Å². The Morgan fingerprint density at radius 3 is 2.48 bits per heavy atom. The molecule has 0 aliphatic heterocycles. The van der Waals surface area contributed by atoms with E-state index in [1.54, 1.807) is 36.2 Å². The zero-order chi connectivity index (χ0) is 16.8. The van der Waals surface area contributed by atoms with Crippen LogP contribution in [0.4, 0.5) is 0 Å². The van der Waals surface area contributed by atoms with Gasteiger partial charge in [0.05, 0.1) is 5.56 Å². The summed E-state index contributed by atoms with van der Waals surface area (Å²) in [5.74, 6) is -0.475. The number of primary amides is 1. The molecule has 2 N–H and O–H groups in total. The fraction of sp³-hybridized carbons (Fsp3) is 0.176. The maximum absolute atomic E-state index is 12.2. The van der Waals surface area contributed by atoms with E-state index in [4.69, 9.17) is 10.5 Å². The molecule has 0 saturated carbocycles. The van der Waals surface area contributed by atoms with Gasteiger partial charge in [-0.1, -0.05) is 46.3 Å². The molecule has 0 aromatic heterocycles. The average Bonchev–Trinajstić information content (AvgIpc) is 2.54. The zero-order valence-corrected chi connectivity index (χ0v) is 14.2. The second-order valence-electron chi connectivity index (χ2n) is 4.99. The maximum atomic E-state index is 12.2. The lowest BCUT2D eigenvalue weighted by atomic mass is 10.2. The molecule has 2 rings (SSSR count). The summed E-state index contributed by atoms with van der Waals surface area (Å²) >= 11 is 3.45. The van der Waals surface area contributed by atoms with Gasteiger partial charge >= 0.3 is 0 Å². The van der Waals surface area contributed by atoms with E-state index >= 15 is 0 Å².